The Morgan fingerprint density at radius 3 is 2.77 bits per heavy atom. The zero-order valence-electron chi connectivity index (χ0n) is 11.9. The van der Waals surface area contributed by atoms with Crippen LogP contribution in [0.2, 0.25) is 5.02 Å². The molecule has 0 spiro atoms. The van der Waals surface area contributed by atoms with Crippen LogP contribution < -0.4 is 4.72 Å². The molecule has 2 aromatic rings. The van der Waals surface area contributed by atoms with E-state index >= 15 is 0 Å². The highest BCUT2D eigenvalue weighted by Gasteiger charge is 2.28. The Morgan fingerprint density at radius 1 is 1.55 bits per heavy atom. The number of aromatic amines is 1. The third kappa shape index (κ3) is 2.93. The summed E-state index contributed by atoms with van der Waals surface area (Å²) in [5.41, 5.74) is 0.174. The number of H-pyrrole nitrogens is 1. The molecule has 9 nitrogen and oxygen atoms in total. The van der Waals surface area contributed by atoms with Crippen molar-refractivity contribution in [2.75, 3.05) is 18.9 Å². The smallest absolute Gasteiger partial charge is 0.294 e. The molecule has 11 heteroatoms. The average Bonchev–Trinajstić information content (AvgIpc) is 3.08. The summed E-state index contributed by atoms with van der Waals surface area (Å²) in [6.07, 6.45) is 1.32. The maximum atomic E-state index is 12.4. The molecule has 2 rings (SSSR count). The maximum Gasteiger partial charge on any atom is 0.294 e. The molecule has 0 unspecified atom stereocenters. The number of nitrogens with zero attached hydrogens (tertiary/aromatic N) is 2. The average molecular weight is 349 g/mol. The van der Waals surface area contributed by atoms with Crippen molar-refractivity contribution in [1.82, 2.24) is 15.2 Å². The number of halogens is 1. The highest BCUT2D eigenvalue weighted by atomic mass is 35.5. The Hall–Kier alpha value is -2.04. The predicted molar refractivity (Wildman–Crippen MR) is 77.0 cm³/mol. The Bertz CT molecular complexity index is 797. The second-order valence-electron chi connectivity index (χ2n) is 4.22. The first-order chi connectivity index (χ1) is 10.3. The minimum absolute atomic E-state index is 0.0426. The van der Waals surface area contributed by atoms with Gasteiger partial charge in [-0.2, -0.15) is 0 Å². The number of nitrogens with one attached hydrogen (secondary N) is 2. The van der Waals surface area contributed by atoms with Gasteiger partial charge in [0.1, 0.15) is 21.3 Å². The highest BCUT2D eigenvalue weighted by molar-refractivity contribution is 7.92. The van der Waals surface area contributed by atoms with Crippen molar-refractivity contribution < 1.29 is 22.6 Å². The van der Waals surface area contributed by atoms with Crippen molar-refractivity contribution >= 4 is 33.4 Å². The van der Waals surface area contributed by atoms with Gasteiger partial charge in [-0.15, -0.1) is 0 Å². The quantitative estimate of drug-likeness (QED) is 0.788. The van der Waals surface area contributed by atoms with Gasteiger partial charge in [-0.1, -0.05) is 16.8 Å². The van der Waals surface area contributed by atoms with E-state index in [9.17, 15) is 13.2 Å². The number of sulfonamides is 1. The van der Waals surface area contributed by atoms with Gasteiger partial charge in [0.2, 0.25) is 0 Å². The van der Waals surface area contributed by atoms with Crippen molar-refractivity contribution in [3.63, 3.8) is 0 Å². The van der Waals surface area contributed by atoms with E-state index in [2.05, 4.69) is 14.9 Å². The van der Waals surface area contributed by atoms with Gasteiger partial charge < -0.3 is 9.51 Å². The van der Waals surface area contributed by atoms with Crippen LogP contribution in [-0.2, 0) is 14.9 Å². The molecule has 0 saturated heterocycles. The van der Waals surface area contributed by atoms with E-state index in [1.54, 1.807) is 6.92 Å². The third-order valence-corrected chi connectivity index (χ3v) is 4.61. The predicted octanol–water partition coefficient (Wildman–Crippen LogP) is 1.40. The minimum atomic E-state index is -4.10. The standard InChI is InChI=1S/C11H13ClN4O5S/c1-6-8(12)10(21-14-6)15-22(18,19)7-4-5-13-9(7)11(17)16(2)20-3/h4-5,13,15H,1-3H3. The molecule has 22 heavy (non-hydrogen) atoms. The van der Waals surface area contributed by atoms with Crippen molar-refractivity contribution in [3.05, 3.63) is 28.7 Å². The monoisotopic (exact) mass is 348 g/mol. The number of amides is 1. The fraction of sp³-hybridized carbons (Fsp3) is 0.273. The molecule has 120 valence electrons. The van der Waals surface area contributed by atoms with Crippen molar-refractivity contribution in [2.45, 2.75) is 11.8 Å². The zero-order valence-corrected chi connectivity index (χ0v) is 13.4. The van der Waals surface area contributed by atoms with E-state index in [4.69, 9.17) is 21.0 Å². The van der Waals surface area contributed by atoms with Crippen LogP contribution in [0.5, 0.6) is 0 Å². The largest absolute Gasteiger partial charge is 0.356 e. The fourth-order valence-corrected chi connectivity index (χ4v) is 2.91. The maximum absolute atomic E-state index is 12.4. The summed E-state index contributed by atoms with van der Waals surface area (Å²) in [5.74, 6) is -0.883. The minimum Gasteiger partial charge on any atom is -0.356 e. The summed E-state index contributed by atoms with van der Waals surface area (Å²) in [5, 5.41) is 4.47. The normalized spacial score (nSPS) is 11.5. The summed E-state index contributed by atoms with van der Waals surface area (Å²) in [6, 6.07) is 1.23. The van der Waals surface area contributed by atoms with E-state index in [-0.39, 0.29) is 21.5 Å². The van der Waals surface area contributed by atoms with Crippen LogP contribution in [0.15, 0.2) is 21.7 Å². The van der Waals surface area contributed by atoms with Gasteiger partial charge in [-0.05, 0) is 13.0 Å². The number of hydrogen-bond acceptors (Lipinski definition) is 6. The Kier molecular flexibility index (Phi) is 4.44. The van der Waals surface area contributed by atoms with E-state index in [0.29, 0.717) is 5.69 Å². The summed E-state index contributed by atoms with van der Waals surface area (Å²) in [6.45, 7) is 1.56. The topological polar surface area (TPSA) is 118 Å². The summed E-state index contributed by atoms with van der Waals surface area (Å²) in [4.78, 5) is 19.1. The van der Waals surface area contributed by atoms with Crippen molar-refractivity contribution in [2.24, 2.45) is 0 Å². The SMILES string of the molecule is CON(C)C(=O)c1[nH]ccc1S(=O)(=O)Nc1onc(C)c1Cl. The van der Waals surface area contributed by atoms with Crippen LogP contribution in [0.1, 0.15) is 16.2 Å². The second-order valence-corrected chi connectivity index (χ2v) is 6.25. The summed E-state index contributed by atoms with van der Waals surface area (Å²) in [7, 11) is -1.47. The molecule has 0 saturated carbocycles. The number of aryl methyl sites for hydroxylation is 1. The van der Waals surface area contributed by atoms with Crippen LogP contribution in [0.25, 0.3) is 0 Å². The van der Waals surface area contributed by atoms with E-state index in [1.807, 2.05) is 0 Å². The van der Waals surface area contributed by atoms with E-state index in [0.717, 1.165) is 5.06 Å². The molecule has 0 bridgehead atoms. The van der Waals surface area contributed by atoms with Gasteiger partial charge in [0.25, 0.3) is 21.8 Å². The third-order valence-electron chi connectivity index (χ3n) is 2.79. The molecule has 2 heterocycles. The van der Waals surface area contributed by atoms with E-state index in [1.165, 1.54) is 26.4 Å². The number of anilines is 1. The molecule has 0 aliphatic heterocycles. The van der Waals surface area contributed by atoms with Crippen molar-refractivity contribution in [1.29, 1.82) is 0 Å². The van der Waals surface area contributed by atoms with Gasteiger partial charge in [0.15, 0.2) is 0 Å². The van der Waals surface area contributed by atoms with Crippen LogP contribution in [0, 0.1) is 6.92 Å². The van der Waals surface area contributed by atoms with Crippen LogP contribution in [-0.4, -0.2) is 43.7 Å². The van der Waals surface area contributed by atoms with Gasteiger partial charge in [0, 0.05) is 13.2 Å². The Morgan fingerprint density at radius 2 is 2.23 bits per heavy atom. The molecule has 2 aromatic heterocycles. The first-order valence-electron chi connectivity index (χ1n) is 5.92. The summed E-state index contributed by atoms with van der Waals surface area (Å²) >= 11 is 5.87. The molecule has 0 fully saturated rings. The molecule has 1 amide bonds. The lowest BCUT2D eigenvalue weighted by Gasteiger charge is -2.13. The molecule has 2 N–H and O–H groups in total. The number of aromatic nitrogens is 2. The van der Waals surface area contributed by atoms with Gasteiger partial charge in [0.05, 0.1) is 7.11 Å². The lowest BCUT2D eigenvalue weighted by Crippen LogP contribution is -2.28. The number of carbonyl (C=O) groups is 1. The second kappa shape index (κ2) is 5.99. The zero-order chi connectivity index (χ0) is 16.5. The first-order valence-corrected chi connectivity index (χ1v) is 7.78. The number of carbonyl (C=O) groups excluding carboxylic acids is 1. The molecule has 0 aromatic carbocycles. The molecular weight excluding hydrogens is 336 g/mol. The van der Waals surface area contributed by atoms with Gasteiger partial charge in [-0.3, -0.25) is 9.63 Å². The number of rotatable bonds is 5. The Balaban J connectivity index is 2.37. The lowest BCUT2D eigenvalue weighted by molar-refractivity contribution is -0.0762. The molecule has 0 aliphatic rings. The van der Waals surface area contributed by atoms with Crippen LogP contribution in [0.3, 0.4) is 0 Å². The fourth-order valence-electron chi connectivity index (χ4n) is 1.59. The first kappa shape index (κ1) is 16.3. The lowest BCUT2D eigenvalue weighted by atomic mass is 10.4. The number of hydrogen-bond donors (Lipinski definition) is 2. The molecular formula is C11H13ClN4O5S. The van der Waals surface area contributed by atoms with Crippen molar-refractivity contribution in [3.8, 4) is 0 Å². The Labute approximate surface area is 131 Å². The molecule has 0 aliphatic carbocycles. The summed E-state index contributed by atoms with van der Waals surface area (Å²) < 4.78 is 31.7. The van der Waals surface area contributed by atoms with Crippen LogP contribution >= 0.6 is 11.6 Å². The highest BCUT2D eigenvalue weighted by Crippen LogP contribution is 2.28. The van der Waals surface area contributed by atoms with Crippen LogP contribution in [0.4, 0.5) is 5.88 Å². The number of hydroxylamine groups is 2. The molecule has 0 radical (unpaired) electrons. The van der Waals surface area contributed by atoms with E-state index < -0.39 is 15.9 Å². The van der Waals surface area contributed by atoms with Gasteiger partial charge >= 0.3 is 0 Å². The molecule has 0 atom stereocenters. The van der Waals surface area contributed by atoms with Gasteiger partial charge in [-0.25, -0.2) is 18.2 Å².